The molecular weight excluding hydrogens is 443 g/mol. The lowest BCUT2D eigenvalue weighted by molar-refractivity contribution is 0.578. The third kappa shape index (κ3) is 5.14. The Morgan fingerprint density at radius 2 is 1.29 bits per heavy atom. The molecule has 0 fully saturated rings. The number of hydrogen-bond acceptors (Lipinski definition) is 0. The minimum absolute atomic E-state index is 0.00928. The molecule has 0 N–H and O–H groups in total. The highest BCUT2D eigenvalue weighted by Gasteiger charge is 2.18. The van der Waals surface area contributed by atoms with Gasteiger partial charge in [0.05, 0.1) is 5.56 Å². The molecule has 4 rings (SSSR count). The Morgan fingerprint density at radius 1 is 0.618 bits per heavy atom. The zero-order valence-electron chi connectivity index (χ0n) is 18.9. The van der Waals surface area contributed by atoms with Crippen molar-refractivity contribution in [3.8, 4) is 22.3 Å². The van der Waals surface area contributed by atoms with Gasteiger partial charge in [0.25, 0.3) is 0 Å². The molecule has 0 saturated heterocycles. The molecule has 34 heavy (non-hydrogen) atoms. The van der Waals surface area contributed by atoms with Gasteiger partial charge in [-0.25, -0.2) is 22.0 Å². The summed E-state index contributed by atoms with van der Waals surface area (Å²) in [5.41, 5.74) is 0.358. The van der Waals surface area contributed by atoms with Crippen LogP contribution in [-0.4, -0.2) is 0 Å². The third-order valence-corrected chi connectivity index (χ3v) is 6.09. The Morgan fingerprint density at radius 3 is 1.97 bits per heavy atom. The number of hydrogen-bond donors (Lipinski definition) is 0. The first-order valence-corrected chi connectivity index (χ1v) is 11.5. The van der Waals surface area contributed by atoms with Gasteiger partial charge in [0.2, 0.25) is 0 Å². The molecule has 0 nitrogen and oxygen atoms in total. The van der Waals surface area contributed by atoms with E-state index < -0.39 is 34.6 Å². The lowest BCUT2D eigenvalue weighted by Gasteiger charge is -2.12. The van der Waals surface area contributed by atoms with Crippen molar-refractivity contribution < 1.29 is 22.0 Å². The van der Waals surface area contributed by atoms with E-state index in [4.69, 9.17) is 0 Å². The fraction of sp³-hybridized carbons (Fsp3) is 0.241. The lowest BCUT2D eigenvalue weighted by atomic mass is 9.95. The predicted octanol–water partition coefficient (Wildman–Crippen LogP) is 9.38. The van der Waals surface area contributed by atoms with Gasteiger partial charge in [-0.05, 0) is 59.2 Å². The monoisotopic (exact) mass is 468 g/mol. The van der Waals surface area contributed by atoms with E-state index in [2.05, 4.69) is 6.92 Å². The number of unbranched alkanes of at least 4 members (excludes halogenated alkanes) is 4. The molecule has 0 spiro atoms. The van der Waals surface area contributed by atoms with Crippen molar-refractivity contribution >= 4 is 10.8 Å². The molecule has 0 saturated carbocycles. The molecule has 4 aromatic rings. The van der Waals surface area contributed by atoms with Crippen molar-refractivity contribution in [2.45, 2.75) is 45.4 Å². The van der Waals surface area contributed by atoms with E-state index in [0.29, 0.717) is 11.5 Å². The summed E-state index contributed by atoms with van der Waals surface area (Å²) in [6.45, 7) is 2.18. The molecule has 0 aliphatic carbocycles. The molecule has 176 valence electrons. The fourth-order valence-corrected chi connectivity index (χ4v) is 4.36. The molecule has 0 aliphatic rings. The Balaban J connectivity index is 1.64. The number of halogens is 5. The number of rotatable bonds is 8. The maximum Gasteiger partial charge on any atom is 0.138 e. The highest BCUT2D eigenvalue weighted by Crippen LogP contribution is 2.35. The highest BCUT2D eigenvalue weighted by atomic mass is 19.1. The first-order valence-electron chi connectivity index (χ1n) is 11.5. The summed E-state index contributed by atoms with van der Waals surface area (Å²) in [7, 11) is 0. The molecule has 5 heteroatoms. The van der Waals surface area contributed by atoms with Crippen LogP contribution >= 0.6 is 0 Å². The van der Waals surface area contributed by atoms with Crippen LogP contribution in [0.2, 0.25) is 0 Å². The van der Waals surface area contributed by atoms with Crippen LogP contribution < -0.4 is 0 Å². The molecule has 4 aromatic carbocycles. The maximum atomic E-state index is 15.3. The SMILES string of the molecule is CCCCCCCc1ccc2c(F)c(-c3cc(F)c(-c4cc(F)cc(F)c4)c(F)c3)ccc2c1. The first-order chi connectivity index (χ1) is 16.4. The van der Waals surface area contributed by atoms with Crippen molar-refractivity contribution in [2.24, 2.45) is 0 Å². The topological polar surface area (TPSA) is 0 Å². The summed E-state index contributed by atoms with van der Waals surface area (Å²) in [6.07, 6.45) is 6.79. The maximum absolute atomic E-state index is 15.3. The van der Waals surface area contributed by atoms with Crippen LogP contribution in [0, 0.1) is 29.1 Å². The van der Waals surface area contributed by atoms with Crippen LogP contribution in [0.1, 0.15) is 44.6 Å². The zero-order chi connectivity index (χ0) is 24.2. The first kappa shape index (κ1) is 23.9. The molecule has 0 unspecified atom stereocenters. The molecule has 0 heterocycles. The summed E-state index contributed by atoms with van der Waals surface area (Å²) in [4.78, 5) is 0. The normalized spacial score (nSPS) is 11.4. The Labute approximate surface area is 196 Å². The smallest absolute Gasteiger partial charge is 0.138 e. The minimum atomic E-state index is -1.03. The van der Waals surface area contributed by atoms with E-state index in [1.807, 2.05) is 12.1 Å². The van der Waals surface area contributed by atoms with Gasteiger partial charge >= 0.3 is 0 Å². The van der Waals surface area contributed by atoms with E-state index in [1.165, 1.54) is 25.3 Å². The van der Waals surface area contributed by atoms with Gasteiger partial charge in [-0.2, -0.15) is 0 Å². The van der Waals surface area contributed by atoms with E-state index in [-0.39, 0.29) is 16.7 Å². The molecule has 0 amide bonds. The van der Waals surface area contributed by atoms with Gasteiger partial charge in [0, 0.05) is 17.0 Å². The van der Waals surface area contributed by atoms with Crippen molar-refractivity contribution in [3.05, 3.63) is 95.3 Å². The van der Waals surface area contributed by atoms with Gasteiger partial charge < -0.3 is 0 Å². The number of benzene rings is 4. The van der Waals surface area contributed by atoms with Gasteiger partial charge in [0.1, 0.15) is 29.1 Å². The van der Waals surface area contributed by atoms with Crippen LogP contribution in [0.25, 0.3) is 33.0 Å². The average Bonchev–Trinajstić information content (AvgIpc) is 2.78. The van der Waals surface area contributed by atoms with Crippen LogP contribution in [0.4, 0.5) is 22.0 Å². The molecule has 0 aromatic heterocycles. The molecular formula is C29H25F5. The van der Waals surface area contributed by atoms with Crippen LogP contribution in [0.5, 0.6) is 0 Å². The quantitative estimate of drug-likeness (QED) is 0.178. The number of fused-ring (bicyclic) bond motifs is 1. The Bertz CT molecular complexity index is 1280. The summed E-state index contributed by atoms with van der Waals surface area (Å²) >= 11 is 0. The van der Waals surface area contributed by atoms with Crippen molar-refractivity contribution in [2.75, 3.05) is 0 Å². The minimum Gasteiger partial charge on any atom is -0.207 e. The van der Waals surface area contributed by atoms with Crippen molar-refractivity contribution in [1.82, 2.24) is 0 Å². The van der Waals surface area contributed by atoms with Crippen molar-refractivity contribution in [1.29, 1.82) is 0 Å². The van der Waals surface area contributed by atoms with Crippen LogP contribution in [-0.2, 0) is 6.42 Å². The largest absolute Gasteiger partial charge is 0.207 e. The van der Waals surface area contributed by atoms with E-state index in [1.54, 1.807) is 12.1 Å². The van der Waals surface area contributed by atoms with Gasteiger partial charge in [-0.1, -0.05) is 62.9 Å². The van der Waals surface area contributed by atoms with Gasteiger partial charge in [-0.15, -0.1) is 0 Å². The van der Waals surface area contributed by atoms with Gasteiger partial charge in [-0.3, -0.25) is 0 Å². The molecule has 0 radical (unpaired) electrons. The Kier molecular flexibility index (Phi) is 7.30. The van der Waals surface area contributed by atoms with E-state index >= 15 is 4.39 Å². The van der Waals surface area contributed by atoms with E-state index in [0.717, 1.165) is 54.5 Å². The molecule has 0 bridgehead atoms. The third-order valence-electron chi connectivity index (χ3n) is 6.09. The summed E-state index contributed by atoms with van der Waals surface area (Å²) < 4.78 is 72.1. The average molecular weight is 469 g/mol. The second-order valence-corrected chi connectivity index (χ2v) is 8.62. The highest BCUT2D eigenvalue weighted by molar-refractivity contribution is 5.89. The van der Waals surface area contributed by atoms with Gasteiger partial charge in [0.15, 0.2) is 0 Å². The van der Waals surface area contributed by atoms with Crippen LogP contribution in [0.3, 0.4) is 0 Å². The Hall–Kier alpha value is -3.21. The second-order valence-electron chi connectivity index (χ2n) is 8.62. The van der Waals surface area contributed by atoms with Crippen molar-refractivity contribution in [3.63, 3.8) is 0 Å². The second kappa shape index (κ2) is 10.4. The van der Waals surface area contributed by atoms with Crippen LogP contribution in [0.15, 0.2) is 60.7 Å². The molecule has 0 aliphatic heterocycles. The van der Waals surface area contributed by atoms with E-state index in [9.17, 15) is 17.6 Å². The lowest BCUT2D eigenvalue weighted by Crippen LogP contribution is -1.96. The molecule has 0 atom stereocenters. The summed E-state index contributed by atoms with van der Waals surface area (Å²) in [5, 5.41) is 1.09. The zero-order valence-corrected chi connectivity index (χ0v) is 18.9. The summed E-state index contributed by atoms with van der Waals surface area (Å²) in [5.74, 6) is -4.52. The summed E-state index contributed by atoms with van der Waals surface area (Å²) in [6, 6.07) is 13.1. The fourth-order valence-electron chi connectivity index (χ4n) is 4.36. The standard InChI is InChI=1S/C29H25F5/c1-2-3-4-5-6-7-18-8-10-24-19(12-18)9-11-25(29(24)34)20-15-26(32)28(27(33)16-20)21-13-22(30)17-23(31)14-21/h8-17H,2-7H2,1H3. The predicted molar refractivity (Wildman–Crippen MR) is 127 cm³/mol. The number of aryl methyl sites for hydroxylation is 1.